The number of hydrogen-bond donors (Lipinski definition) is 1. The van der Waals surface area contributed by atoms with Gasteiger partial charge in [-0.3, -0.25) is 9.55 Å². The molecule has 0 unspecified atom stereocenters. The largest absolute Gasteiger partial charge is 0.507 e. The number of benzene rings is 6. The normalized spacial score (nSPS) is 11.5. The van der Waals surface area contributed by atoms with Crippen LogP contribution in [0.5, 0.6) is 5.75 Å². The van der Waals surface area contributed by atoms with Gasteiger partial charge in [-0.25, -0.2) is 4.98 Å². The standard InChI is InChI=1S/C50H44N3O.Pt/c1-33(2)27-34-23-24-45(43(28-34)36-17-10-7-11-18-36)53-46-21-14-20-41(48(46)52-49(53)42-19-12-13-22-47(42)54)38-29-39(31-40(30-38)50(3,4)5)44-32-37(25-26-51-44)35-15-8-6-9-16-35;/h6-26,28,30-33,54H,27H2,1-5H3;/q-1;. The Balaban J connectivity index is 0.00000465. The van der Waals surface area contributed by atoms with Gasteiger partial charge in [-0.1, -0.05) is 143 Å². The van der Waals surface area contributed by atoms with Gasteiger partial charge in [0.15, 0.2) is 0 Å². The molecule has 0 bridgehead atoms. The number of nitrogens with zero attached hydrogens (tertiary/aromatic N) is 3. The van der Waals surface area contributed by atoms with Crippen molar-refractivity contribution in [2.75, 3.05) is 0 Å². The van der Waals surface area contributed by atoms with Gasteiger partial charge in [0.25, 0.3) is 0 Å². The minimum absolute atomic E-state index is 0. The summed E-state index contributed by atoms with van der Waals surface area (Å²) in [5.74, 6) is 1.38. The third-order valence-corrected chi connectivity index (χ3v) is 10.0. The summed E-state index contributed by atoms with van der Waals surface area (Å²) in [6, 6.07) is 54.0. The van der Waals surface area contributed by atoms with Crippen molar-refractivity contribution in [3.63, 3.8) is 0 Å². The second-order valence-corrected chi connectivity index (χ2v) is 15.5. The fourth-order valence-corrected chi connectivity index (χ4v) is 7.30. The van der Waals surface area contributed by atoms with Crippen LogP contribution in [0.3, 0.4) is 0 Å². The van der Waals surface area contributed by atoms with Gasteiger partial charge < -0.3 is 5.11 Å². The maximum Gasteiger partial charge on any atom is 0.148 e. The van der Waals surface area contributed by atoms with Crippen LogP contribution in [0.15, 0.2) is 152 Å². The zero-order chi connectivity index (χ0) is 37.4. The molecule has 0 saturated carbocycles. The molecule has 4 nitrogen and oxygen atoms in total. The molecule has 1 N–H and O–H groups in total. The number of fused-ring (bicyclic) bond motifs is 1. The zero-order valence-electron chi connectivity index (χ0n) is 31.8. The van der Waals surface area contributed by atoms with Crippen molar-refractivity contribution in [1.82, 2.24) is 14.5 Å². The first-order valence-corrected chi connectivity index (χ1v) is 18.7. The summed E-state index contributed by atoms with van der Waals surface area (Å²) in [5, 5.41) is 11.3. The Bertz CT molecular complexity index is 2600. The quantitative estimate of drug-likeness (QED) is 0.155. The van der Waals surface area contributed by atoms with Crippen LogP contribution in [-0.4, -0.2) is 19.6 Å². The van der Waals surface area contributed by atoms with Gasteiger partial charge >= 0.3 is 0 Å². The van der Waals surface area contributed by atoms with Gasteiger partial charge in [0.2, 0.25) is 0 Å². The monoisotopic (exact) mass is 897 g/mol. The van der Waals surface area contributed by atoms with E-state index in [-0.39, 0.29) is 32.2 Å². The molecule has 0 fully saturated rings. The average molecular weight is 898 g/mol. The maximum atomic E-state index is 11.3. The molecule has 276 valence electrons. The second-order valence-electron chi connectivity index (χ2n) is 15.5. The molecular formula is C50H44N3OPt-. The van der Waals surface area contributed by atoms with Gasteiger partial charge in [0, 0.05) is 38.5 Å². The average Bonchev–Trinajstić information content (AvgIpc) is 3.57. The molecule has 5 heteroatoms. The number of para-hydroxylation sites is 2. The maximum absolute atomic E-state index is 11.3. The van der Waals surface area contributed by atoms with E-state index in [9.17, 15) is 5.11 Å². The molecule has 0 aliphatic heterocycles. The van der Waals surface area contributed by atoms with E-state index in [2.05, 4.69) is 161 Å². The van der Waals surface area contributed by atoms with Crippen molar-refractivity contribution >= 4 is 11.0 Å². The number of aromatic nitrogens is 3. The molecule has 0 aliphatic rings. The summed E-state index contributed by atoms with van der Waals surface area (Å²) < 4.78 is 2.22. The Kier molecular flexibility index (Phi) is 10.7. The molecule has 8 aromatic rings. The minimum Gasteiger partial charge on any atom is -0.507 e. The molecule has 0 radical (unpaired) electrons. The van der Waals surface area contributed by atoms with Crippen LogP contribution >= 0.6 is 0 Å². The Morgan fingerprint density at radius 1 is 0.655 bits per heavy atom. The molecule has 6 aromatic carbocycles. The fourth-order valence-electron chi connectivity index (χ4n) is 7.30. The first-order chi connectivity index (χ1) is 26.1. The summed E-state index contributed by atoms with van der Waals surface area (Å²) in [5.41, 5.74) is 14.0. The van der Waals surface area contributed by atoms with Gasteiger partial charge in [-0.15, -0.1) is 29.3 Å². The number of imidazole rings is 1. The summed E-state index contributed by atoms with van der Waals surface area (Å²) in [6.07, 6.45) is 2.86. The molecule has 0 atom stereocenters. The summed E-state index contributed by atoms with van der Waals surface area (Å²) in [4.78, 5) is 10.3. The summed E-state index contributed by atoms with van der Waals surface area (Å²) >= 11 is 0. The number of pyridine rings is 1. The number of phenols is 1. The molecule has 0 saturated heterocycles. The van der Waals surface area contributed by atoms with E-state index in [1.165, 1.54) is 11.1 Å². The van der Waals surface area contributed by atoms with E-state index in [4.69, 9.17) is 9.97 Å². The summed E-state index contributed by atoms with van der Waals surface area (Å²) in [7, 11) is 0. The number of hydrogen-bond acceptors (Lipinski definition) is 3. The Morgan fingerprint density at radius 3 is 2.04 bits per heavy atom. The van der Waals surface area contributed by atoms with Crippen molar-refractivity contribution in [1.29, 1.82) is 0 Å². The van der Waals surface area contributed by atoms with Crippen LogP contribution in [0.4, 0.5) is 0 Å². The van der Waals surface area contributed by atoms with Crippen LogP contribution in [-0.2, 0) is 32.9 Å². The SMILES string of the molecule is CC(C)Cc1ccc(-n2c(-c3ccccc3O)nc3c(-c4[c-]c(-c5cc(-c6ccccc6)ccn5)cc(C(C)(C)C)c4)cccc32)c(-c2ccccc2)c1.[Pt]. The van der Waals surface area contributed by atoms with E-state index in [1.54, 1.807) is 6.07 Å². The third-order valence-electron chi connectivity index (χ3n) is 10.0. The van der Waals surface area contributed by atoms with Crippen LogP contribution in [0, 0.1) is 12.0 Å². The molecule has 55 heavy (non-hydrogen) atoms. The first-order valence-electron chi connectivity index (χ1n) is 18.7. The van der Waals surface area contributed by atoms with Gasteiger partial charge in [0.1, 0.15) is 11.6 Å². The van der Waals surface area contributed by atoms with Crippen molar-refractivity contribution in [2.24, 2.45) is 5.92 Å². The van der Waals surface area contributed by atoms with E-state index >= 15 is 0 Å². The topological polar surface area (TPSA) is 50.9 Å². The van der Waals surface area contributed by atoms with E-state index < -0.39 is 0 Å². The molecule has 0 amide bonds. The van der Waals surface area contributed by atoms with Crippen LogP contribution in [0.2, 0.25) is 0 Å². The van der Waals surface area contributed by atoms with Crippen LogP contribution < -0.4 is 0 Å². The van der Waals surface area contributed by atoms with Crippen molar-refractivity contribution in [3.05, 3.63) is 169 Å². The van der Waals surface area contributed by atoms with Crippen LogP contribution in [0.1, 0.15) is 45.7 Å². The smallest absolute Gasteiger partial charge is 0.148 e. The molecule has 0 aliphatic carbocycles. The van der Waals surface area contributed by atoms with Gasteiger partial charge in [-0.05, 0) is 76.4 Å². The zero-order valence-corrected chi connectivity index (χ0v) is 34.1. The Labute approximate surface area is 338 Å². The minimum atomic E-state index is -0.133. The van der Waals surface area contributed by atoms with Gasteiger partial charge in [-0.2, -0.15) is 0 Å². The summed E-state index contributed by atoms with van der Waals surface area (Å²) in [6.45, 7) is 11.2. The van der Waals surface area contributed by atoms with Crippen molar-refractivity contribution in [3.8, 4) is 67.5 Å². The van der Waals surface area contributed by atoms with E-state index in [1.807, 2.05) is 30.5 Å². The molecule has 2 heterocycles. The fraction of sp³-hybridized carbons (Fsp3) is 0.160. The molecule has 0 spiro atoms. The van der Waals surface area contributed by atoms with Gasteiger partial charge in [0.05, 0.1) is 22.3 Å². The molecule has 8 rings (SSSR count). The van der Waals surface area contributed by atoms with Crippen LogP contribution in [0.25, 0.3) is 72.7 Å². The van der Waals surface area contributed by atoms with Crippen molar-refractivity contribution in [2.45, 2.75) is 46.5 Å². The molecular weight excluding hydrogens is 854 g/mol. The van der Waals surface area contributed by atoms with E-state index in [0.717, 1.165) is 67.8 Å². The predicted octanol–water partition coefficient (Wildman–Crippen LogP) is 12.8. The van der Waals surface area contributed by atoms with E-state index in [0.29, 0.717) is 17.3 Å². The Hall–Kier alpha value is -5.57. The predicted molar refractivity (Wildman–Crippen MR) is 224 cm³/mol. The number of aromatic hydroxyl groups is 1. The Morgan fingerprint density at radius 2 is 1.33 bits per heavy atom. The number of phenolic OH excluding ortho intramolecular Hbond substituents is 1. The number of rotatable bonds is 8. The first kappa shape index (κ1) is 37.7. The third kappa shape index (κ3) is 7.70. The second kappa shape index (κ2) is 15.7. The van der Waals surface area contributed by atoms with Crippen molar-refractivity contribution < 1.29 is 26.2 Å². The molecule has 2 aromatic heterocycles.